The van der Waals surface area contributed by atoms with Crippen molar-refractivity contribution in [2.75, 3.05) is 12.4 Å². The number of nitrogens with zero attached hydrogens (tertiary/aromatic N) is 4. The van der Waals surface area contributed by atoms with Gasteiger partial charge < -0.3 is 5.32 Å². The van der Waals surface area contributed by atoms with Crippen LogP contribution in [0.3, 0.4) is 0 Å². The molecule has 0 radical (unpaired) electrons. The zero-order valence-corrected chi connectivity index (χ0v) is 12.7. The van der Waals surface area contributed by atoms with Gasteiger partial charge in [0.25, 0.3) is 0 Å². The maximum Gasteiger partial charge on any atom is 0.234 e. The SMILES string of the molecule is CNc1ccccc1-c1nn2c(C3CCCC3)nnc2s1. The van der Waals surface area contributed by atoms with Gasteiger partial charge in [0.15, 0.2) is 5.82 Å². The van der Waals surface area contributed by atoms with Crippen molar-refractivity contribution < 1.29 is 0 Å². The van der Waals surface area contributed by atoms with Crippen LogP contribution in [0.4, 0.5) is 5.69 Å². The van der Waals surface area contributed by atoms with Gasteiger partial charge in [0.05, 0.1) is 0 Å². The molecule has 0 spiro atoms. The molecule has 2 aromatic heterocycles. The molecular weight excluding hydrogens is 282 g/mol. The average molecular weight is 299 g/mol. The summed E-state index contributed by atoms with van der Waals surface area (Å²) in [6.45, 7) is 0. The third kappa shape index (κ3) is 2.10. The van der Waals surface area contributed by atoms with E-state index in [0.29, 0.717) is 5.92 Å². The van der Waals surface area contributed by atoms with Crippen LogP contribution in [0.2, 0.25) is 0 Å². The minimum atomic E-state index is 0.523. The predicted molar refractivity (Wildman–Crippen MR) is 84.9 cm³/mol. The summed E-state index contributed by atoms with van der Waals surface area (Å²) in [5, 5.41) is 17.7. The van der Waals surface area contributed by atoms with E-state index in [-0.39, 0.29) is 0 Å². The van der Waals surface area contributed by atoms with Gasteiger partial charge in [-0.2, -0.15) is 9.61 Å². The fourth-order valence-electron chi connectivity index (χ4n) is 3.07. The molecule has 0 aliphatic heterocycles. The quantitative estimate of drug-likeness (QED) is 0.803. The number of para-hydroxylation sites is 1. The third-order valence-corrected chi connectivity index (χ3v) is 5.09. The first-order valence-corrected chi connectivity index (χ1v) is 8.18. The van der Waals surface area contributed by atoms with Crippen molar-refractivity contribution in [3.05, 3.63) is 30.1 Å². The Kier molecular flexibility index (Phi) is 3.11. The Labute approximate surface area is 127 Å². The molecule has 0 atom stereocenters. The molecule has 1 N–H and O–H groups in total. The predicted octanol–water partition coefficient (Wildman–Crippen LogP) is 3.55. The largest absolute Gasteiger partial charge is 0.388 e. The van der Waals surface area contributed by atoms with Crippen molar-refractivity contribution in [2.45, 2.75) is 31.6 Å². The van der Waals surface area contributed by atoms with Crippen LogP contribution >= 0.6 is 11.3 Å². The minimum absolute atomic E-state index is 0.523. The first kappa shape index (κ1) is 12.8. The normalized spacial score (nSPS) is 15.9. The van der Waals surface area contributed by atoms with Crippen molar-refractivity contribution >= 4 is 22.0 Å². The average Bonchev–Trinajstić information content (AvgIpc) is 3.23. The number of fused-ring (bicyclic) bond motifs is 1. The van der Waals surface area contributed by atoms with E-state index < -0.39 is 0 Å². The van der Waals surface area contributed by atoms with Crippen LogP contribution in [0, 0.1) is 0 Å². The smallest absolute Gasteiger partial charge is 0.234 e. The zero-order chi connectivity index (χ0) is 14.2. The van der Waals surface area contributed by atoms with Crippen molar-refractivity contribution in [2.24, 2.45) is 0 Å². The molecule has 2 heterocycles. The molecule has 108 valence electrons. The lowest BCUT2D eigenvalue weighted by Crippen LogP contribution is -2.01. The second-order valence-electron chi connectivity index (χ2n) is 5.44. The van der Waals surface area contributed by atoms with E-state index in [9.17, 15) is 0 Å². The summed E-state index contributed by atoms with van der Waals surface area (Å²) in [7, 11) is 1.93. The third-order valence-electron chi connectivity index (χ3n) is 4.16. The van der Waals surface area contributed by atoms with E-state index in [1.165, 1.54) is 25.7 Å². The molecule has 0 bridgehead atoms. The van der Waals surface area contributed by atoms with Gasteiger partial charge in [-0.25, -0.2) is 0 Å². The number of benzene rings is 1. The Morgan fingerprint density at radius 1 is 1.19 bits per heavy atom. The molecule has 1 saturated carbocycles. The molecular formula is C15H17N5S. The Bertz CT molecular complexity index is 769. The highest BCUT2D eigenvalue weighted by Crippen LogP contribution is 2.36. The van der Waals surface area contributed by atoms with E-state index in [1.807, 2.05) is 23.7 Å². The number of nitrogens with one attached hydrogen (secondary N) is 1. The van der Waals surface area contributed by atoms with Gasteiger partial charge in [0.1, 0.15) is 5.01 Å². The maximum atomic E-state index is 4.77. The van der Waals surface area contributed by atoms with Gasteiger partial charge in [-0.15, -0.1) is 10.2 Å². The van der Waals surface area contributed by atoms with Crippen molar-refractivity contribution in [3.8, 4) is 10.6 Å². The van der Waals surface area contributed by atoms with E-state index in [2.05, 4.69) is 27.6 Å². The molecule has 1 aliphatic rings. The number of hydrogen-bond donors (Lipinski definition) is 1. The fraction of sp³-hybridized carbons (Fsp3) is 0.400. The molecule has 21 heavy (non-hydrogen) atoms. The highest BCUT2D eigenvalue weighted by atomic mass is 32.1. The van der Waals surface area contributed by atoms with E-state index in [0.717, 1.165) is 27.0 Å². The second kappa shape index (κ2) is 5.11. The highest BCUT2D eigenvalue weighted by molar-refractivity contribution is 7.19. The van der Waals surface area contributed by atoms with Crippen LogP contribution < -0.4 is 5.32 Å². The number of hydrogen-bond acceptors (Lipinski definition) is 5. The zero-order valence-electron chi connectivity index (χ0n) is 11.9. The molecule has 6 heteroatoms. The highest BCUT2D eigenvalue weighted by Gasteiger charge is 2.24. The Hall–Kier alpha value is -1.95. The van der Waals surface area contributed by atoms with Crippen LogP contribution in [0.5, 0.6) is 0 Å². The number of rotatable bonds is 3. The van der Waals surface area contributed by atoms with Crippen LogP contribution in [-0.4, -0.2) is 26.9 Å². The van der Waals surface area contributed by atoms with Gasteiger partial charge >= 0.3 is 0 Å². The van der Waals surface area contributed by atoms with Gasteiger partial charge in [0.2, 0.25) is 4.96 Å². The molecule has 1 aromatic carbocycles. The summed E-state index contributed by atoms with van der Waals surface area (Å²) in [4.78, 5) is 0.887. The Morgan fingerprint density at radius 2 is 2.00 bits per heavy atom. The summed E-state index contributed by atoms with van der Waals surface area (Å²) in [5.41, 5.74) is 2.21. The van der Waals surface area contributed by atoms with Gasteiger partial charge in [0, 0.05) is 24.2 Å². The molecule has 4 rings (SSSR count). The number of anilines is 1. The summed E-state index contributed by atoms with van der Waals surface area (Å²) >= 11 is 1.60. The van der Waals surface area contributed by atoms with Crippen molar-refractivity contribution in [1.29, 1.82) is 0 Å². The standard InChI is InChI=1S/C15H17N5S/c1-16-12-9-5-4-8-11(12)14-19-20-13(10-6-2-3-7-10)17-18-15(20)21-14/h4-5,8-10,16H,2-3,6-7H2,1H3. The molecule has 3 aromatic rings. The van der Waals surface area contributed by atoms with Gasteiger partial charge in [-0.1, -0.05) is 36.3 Å². The first-order chi connectivity index (χ1) is 10.4. The molecule has 0 unspecified atom stereocenters. The van der Waals surface area contributed by atoms with Crippen LogP contribution in [0.25, 0.3) is 15.5 Å². The van der Waals surface area contributed by atoms with Crippen LogP contribution in [-0.2, 0) is 0 Å². The van der Waals surface area contributed by atoms with Gasteiger partial charge in [-0.3, -0.25) is 0 Å². The molecule has 0 saturated heterocycles. The lowest BCUT2D eigenvalue weighted by molar-refractivity contribution is 0.641. The molecule has 1 aliphatic carbocycles. The van der Waals surface area contributed by atoms with Crippen LogP contribution in [0.15, 0.2) is 24.3 Å². The maximum absolute atomic E-state index is 4.77. The Balaban J connectivity index is 1.80. The topological polar surface area (TPSA) is 55.1 Å². The molecule has 5 nitrogen and oxygen atoms in total. The Morgan fingerprint density at radius 3 is 2.81 bits per heavy atom. The summed E-state index contributed by atoms with van der Waals surface area (Å²) in [6.07, 6.45) is 5.00. The van der Waals surface area contributed by atoms with Gasteiger partial charge in [-0.05, 0) is 25.0 Å². The first-order valence-electron chi connectivity index (χ1n) is 7.36. The molecule has 0 amide bonds. The number of aromatic nitrogens is 4. The summed E-state index contributed by atoms with van der Waals surface area (Å²) in [6, 6.07) is 8.22. The van der Waals surface area contributed by atoms with Crippen LogP contribution in [0.1, 0.15) is 37.4 Å². The summed E-state index contributed by atoms with van der Waals surface area (Å²) in [5.74, 6) is 1.56. The fourth-order valence-corrected chi connectivity index (χ4v) is 3.95. The van der Waals surface area contributed by atoms with Crippen molar-refractivity contribution in [3.63, 3.8) is 0 Å². The van der Waals surface area contributed by atoms with E-state index in [1.54, 1.807) is 11.3 Å². The minimum Gasteiger partial charge on any atom is -0.388 e. The van der Waals surface area contributed by atoms with E-state index in [4.69, 9.17) is 5.10 Å². The molecule has 1 fully saturated rings. The van der Waals surface area contributed by atoms with E-state index >= 15 is 0 Å². The lowest BCUT2D eigenvalue weighted by Gasteiger charge is -2.05. The van der Waals surface area contributed by atoms with Crippen molar-refractivity contribution in [1.82, 2.24) is 19.8 Å². The monoisotopic (exact) mass is 299 g/mol. The summed E-state index contributed by atoms with van der Waals surface area (Å²) < 4.78 is 1.95. The lowest BCUT2D eigenvalue weighted by atomic mass is 10.1. The second-order valence-corrected chi connectivity index (χ2v) is 6.39.